The van der Waals surface area contributed by atoms with E-state index in [1.54, 1.807) is 19.1 Å². The van der Waals surface area contributed by atoms with Gasteiger partial charge in [0.05, 0.1) is 0 Å². The first-order valence-corrected chi connectivity index (χ1v) is 5.99. The van der Waals surface area contributed by atoms with Gasteiger partial charge >= 0.3 is 0 Å². The van der Waals surface area contributed by atoms with Crippen molar-refractivity contribution in [2.45, 2.75) is 25.5 Å². The van der Waals surface area contributed by atoms with Gasteiger partial charge in [-0.25, -0.2) is 0 Å². The molecule has 0 spiro atoms. The molecule has 4 nitrogen and oxygen atoms in total. The Morgan fingerprint density at radius 1 is 1.39 bits per heavy atom. The topological polar surface area (TPSA) is 55.6 Å². The van der Waals surface area contributed by atoms with Gasteiger partial charge in [-0.3, -0.25) is 4.79 Å². The van der Waals surface area contributed by atoms with Crippen molar-refractivity contribution in [3.05, 3.63) is 35.9 Å². The van der Waals surface area contributed by atoms with Crippen molar-refractivity contribution in [1.29, 1.82) is 0 Å². The fourth-order valence-electron chi connectivity index (χ4n) is 1.62. The quantitative estimate of drug-likeness (QED) is 0.863. The Kier molecular flexibility index (Phi) is 4.87. The highest BCUT2D eigenvalue weighted by atomic mass is 16.5. The van der Waals surface area contributed by atoms with Gasteiger partial charge in [-0.1, -0.05) is 30.3 Å². The van der Waals surface area contributed by atoms with Crippen molar-refractivity contribution in [1.82, 2.24) is 4.90 Å². The van der Waals surface area contributed by atoms with Gasteiger partial charge in [0.2, 0.25) is 0 Å². The smallest absolute Gasteiger partial charge is 0.256 e. The molecule has 0 saturated carbocycles. The van der Waals surface area contributed by atoms with Crippen LogP contribution >= 0.6 is 0 Å². The summed E-state index contributed by atoms with van der Waals surface area (Å²) in [5.41, 5.74) is 6.16. The SMILES string of the molecule is COC(C(=O)N(C)C(C)(C)CN)c1ccccc1. The molecule has 0 aliphatic heterocycles. The Labute approximate surface area is 109 Å². The molecule has 0 heterocycles. The average molecular weight is 250 g/mol. The second-order valence-electron chi connectivity index (χ2n) is 4.94. The fourth-order valence-corrected chi connectivity index (χ4v) is 1.62. The molecule has 0 fully saturated rings. The first kappa shape index (κ1) is 14.7. The highest BCUT2D eigenvalue weighted by Gasteiger charge is 2.31. The summed E-state index contributed by atoms with van der Waals surface area (Å²) < 4.78 is 5.33. The van der Waals surface area contributed by atoms with Crippen LogP contribution in [0.5, 0.6) is 0 Å². The molecule has 0 radical (unpaired) electrons. The Morgan fingerprint density at radius 3 is 2.39 bits per heavy atom. The molecule has 1 amide bonds. The van der Waals surface area contributed by atoms with Crippen LogP contribution in [-0.2, 0) is 9.53 Å². The molecule has 0 aromatic heterocycles. The summed E-state index contributed by atoms with van der Waals surface area (Å²) in [5.74, 6) is -0.0841. The van der Waals surface area contributed by atoms with Gasteiger partial charge in [-0.05, 0) is 19.4 Å². The molecule has 1 aromatic rings. The maximum absolute atomic E-state index is 12.4. The van der Waals surface area contributed by atoms with Gasteiger partial charge in [0.25, 0.3) is 5.91 Å². The minimum Gasteiger partial charge on any atom is -0.367 e. The highest BCUT2D eigenvalue weighted by Crippen LogP contribution is 2.22. The van der Waals surface area contributed by atoms with Gasteiger partial charge < -0.3 is 15.4 Å². The van der Waals surface area contributed by atoms with E-state index >= 15 is 0 Å². The predicted molar refractivity (Wildman–Crippen MR) is 72.1 cm³/mol. The van der Waals surface area contributed by atoms with Crippen LogP contribution in [-0.4, -0.2) is 37.0 Å². The Morgan fingerprint density at radius 2 is 1.94 bits per heavy atom. The summed E-state index contributed by atoms with van der Waals surface area (Å²) in [7, 11) is 3.29. The number of likely N-dealkylation sites (N-methyl/N-ethyl adjacent to an activating group) is 1. The molecule has 1 unspecified atom stereocenters. The molecule has 1 atom stereocenters. The monoisotopic (exact) mass is 250 g/mol. The predicted octanol–water partition coefficient (Wildman–Crippen LogP) is 1.57. The van der Waals surface area contributed by atoms with E-state index in [-0.39, 0.29) is 11.4 Å². The lowest BCUT2D eigenvalue weighted by atomic mass is 10.0. The second kappa shape index (κ2) is 5.98. The average Bonchev–Trinajstić information content (AvgIpc) is 2.39. The third kappa shape index (κ3) is 3.09. The Bertz CT molecular complexity index is 390. The lowest BCUT2D eigenvalue weighted by Gasteiger charge is -2.36. The van der Waals surface area contributed by atoms with Crippen LogP contribution in [0, 0.1) is 0 Å². The molecular weight excluding hydrogens is 228 g/mol. The van der Waals surface area contributed by atoms with Crippen LogP contribution in [0.1, 0.15) is 25.5 Å². The number of carbonyl (C=O) groups excluding carboxylic acids is 1. The van der Waals surface area contributed by atoms with Crippen LogP contribution in [0.15, 0.2) is 30.3 Å². The van der Waals surface area contributed by atoms with Gasteiger partial charge in [0.1, 0.15) is 0 Å². The van der Waals surface area contributed by atoms with Crippen LogP contribution in [0.2, 0.25) is 0 Å². The molecule has 0 aliphatic carbocycles. The molecule has 2 N–H and O–H groups in total. The van der Waals surface area contributed by atoms with Crippen LogP contribution in [0.4, 0.5) is 0 Å². The summed E-state index contributed by atoms with van der Waals surface area (Å²) in [6.45, 7) is 4.27. The number of ether oxygens (including phenoxy) is 1. The standard InChI is InChI=1S/C14H22N2O2/c1-14(2,10-15)16(3)13(17)12(18-4)11-8-6-5-7-9-11/h5-9,12H,10,15H2,1-4H3. The number of nitrogens with two attached hydrogens (primary N) is 1. The highest BCUT2D eigenvalue weighted by molar-refractivity contribution is 5.82. The number of carbonyl (C=O) groups is 1. The van der Waals surface area contributed by atoms with E-state index in [1.165, 1.54) is 0 Å². The number of hydrogen-bond donors (Lipinski definition) is 1. The first-order chi connectivity index (χ1) is 8.44. The molecule has 0 saturated heterocycles. The molecule has 100 valence electrons. The number of nitrogens with zero attached hydrogens (tertiary/aromatic N) is 1. The molecule has 0 aliphatic rings. The van der Waals surface area contributed by atoms with Crippen molar-refractivity contribution < 1.29 is 9.53 Å². The second-order valence-corrected chi connectivity index (χ2v) is 4.94. The summed E-state index contributed by atoms with van der Waals surface area (Å²) in [5, 5.41) is 0. The van der Waals surface area contributed by atoms with Crippen LogP contribution < -0.4 is 5.73 Å². The van der Waals surface area contributed by atoms with E-state index in [4.69, 9.17) is 10.5 Å². The Hall–Kier alpha value is -1.39. The van der Waals surface area contributed by atoms with Gasteiger partial charge in [-0.2, -0.15) is 0 Å². The van der Waals surface area contributed by atoms with E-state index in [9.17, 15) is 4.79 Å². The third-order valence-electron chi connectivity index (χ3n) is 3.30. The molecular formula is C14H22N2O2. The molecule has 4 heteroatoms. The number of methoxy groups -OCH3 is 1. The molecule has 1 aromatic carbocycles. The molecule has 0 bridgehead atoms. The summed E-state index contributed by atoms with van der Waals surface area (Å²) >= 11 is 0. The number of rotatable bonds is 5. The fraction of sp³-hybridized carbons (Fsp3) is 0.500. The largest absolute Gasteiger partial charge is 0.367 e. The minimum absolute atomic E-state index is 0.0841. The maximum Gasteiger partial charge on any atom is 0.256 e. The number of hydrogen-bond acceptors (Lipinski definition) is 3. The summed E-state index contributed by atoms with van der Waals surface area (Å²) in [4.78, 5) is 14.1. The lowest BCUT2D eigenvalue weighted by molar-refractivity contribution is -0.145. The van der Waals surface area contributed by atoms with Crippen molar-refractivity contribution in [2.24, 2.45) is 5.73 Å². The number of benzene rings is 1. The van der Waals surface area contributed by atoms with E-state index in [0.29, 0.717) is 6.54 Å². The number of amides is 1. The molecule has 1 rings (SSSR count). The zero-order valence-electron chi connectivity index (χ0n) is 11.5. The van der Waals surface area contributed by atoms with E-state index in [1.807, 2.05) is 44.2 Å². The maximum atomic E-state index is 12.4. The van der Waals surface area contributed by atoms with E-state index in [2.05, 4.69) is 0 Å². The summed E-state index contributed by atoms with van der Waals surface area (Å²) in [6, 6.07) is 9.46. The van der Waals surface area contributed by atoms with Crippen LogP contribution in [0.25, 0.3) is 0 Å². The van der Waals surface area contributed by atoms with E-state index < -0.39 is 6.10 Å². The summed E-state index contributed by atoms with van der Waals surface area (Å²) in [6.07, 6.45) is -0.581. The normalized spacial score (nSPS) is 13.2. The zero-order valence-corrected chi connectivity index (χ0v) is 11.5. The van der Waals surface area contributed by atoms with Crippen molar-refractivity contribution in [3.63, 3.8) is 0 Å². The van der Waals surface area contributed by atoms with Gasteiger partial charge in [0.15, 0.2) is 6.10 Å². The van der Waals surface area contributed by atoms with Crippen LogP contribution in [0.3, 0.4) is 0 Å². The van der Waals surface area contributed by atoms with Crippen molar-refractivity contribution in [2.75, 3.05) is 20.7 Å². The molecule has 18 heavy (non-hydrogen) atoms. The van der Waals surface area contributed by atoms with Crippen molar-refractivity contribution >= 4 is 5.91 Å². The van der Waals surface area contributed by atoms with E-state index in [0.717, 1.165) is 5.56 Å². The Balaban J connectivity index is 2.94. The van der Waals surface area contributed by atoms with Gasteiger partial charge in [-0.15, -0.1) is 0 Å². The first-order valence-electron chi connectivity index (χ1n) is 5.99. The lowest BCUT2D eigenvalue weighted by Crippen LogP contribution is -2.51. The zero-order chi connectivity index (χ0) is 13.8. The minimum atomic E-state index is -0.581. The van der Waals surface area contributed by atoms with Crippen molar-refractivity contribution in [3.8, 4) is 0 Å². The third-order valence-corrected chi connectivity index (χ3v) is 3.30. The van der Waals surface area contributed by atoms with Gasteiger partial charge in [0, 0.05) is 26.2 Å².